The van der Waals surface area contributed by atoms with Crippen LogP contribution >= 0.6 is 0 Å². The number of benzene rings is 2. The third-order valence-electron chi connectivity index (χ3n) is 14.5. The number of piperazine rings is 1. The van der Waals surface area contributed by atoms with Crippen LogP contribution in [0.4, 0.5) is 15.0 Å². The molecule has 0 spiro atoms. The van der Waals surface area contributed by atoms with Crippen molar-refractivity contribution < 1.29 is 28.1 Å². The number of fused-ring (bicyclic) bond motifs is 5. The number of rotatable bonds is 12. The highest BCUT2D eigenvalue weighted by atomic mass is 28.3. The van der Waals surface area contributed by atoms with Gasteiger partial charge in [0.05, 0.1) is 23.0 Å². The van der Waals surface area contributed by atoms with E-state index in [0.29, 0.717) is 58.8 Å². The van der Waals surface area contributed by atoms with Gasteiger partial charge in [-0.25, -0.2) is 9.18 Å². The Hall–Kier alpha value is -4.77. The molecule has 0 N–H and O–H groups in total. The highest BCUT2D eigenvalue weighted by Crippen LogP contribution is 2.45. The van der Waals surface area contributed by atoms with Crippen LogP contribution in [0.15, 0.2) is 48.2 Å². The van der Waals surface area contributed by atoms with Crippen molar-refractivity contribution in [2.75, 3.05) is 51.6 Å². The molecule has 11 nitrogen and oxygen atoms in total. The average molecular weight is 891 g/mol. The molecule has 6 heterocycles. The van der Waals surface area contributed by atoms with E-state index in [2.05, 4.69) is 75.8 Å². The Kier molecular flexibility index (Phi) is 12.8. The molecule has 3 atom stereocenters. The van der Waals surface area contributed by atoms with Gasteiger partial charge in [0.15, 0.2) is 12.6 Å². The number of ether oxygens (including phenoxy) is 4. The highest BCUT2D eigenvalue weighted by Gasteiger charge is 2.48. The first-order chi connectivity index (χ1) is 30.5. The molecule has 2 bridgehead atoms. The van der Waals surface area contributed by atoms with E-state index in [1.807, 2.05) is 56.0 Å². The standard InChI is InChI=1S/C51H67FN6O5Si/c1-12-37-19-23-57-22-14-21-51(37,57)30-61-48-54-46-42(47(55-48)56-28-38-17-18-39(29-56)58(38)49(59)63-50(8,9)10)27-53-45(44(46)52)41-26-40(62-31-60-11)25-36-16-13-15-35(43(36)41)20-24-64(32(2)3,33(4)5)34(6)7/h13,15-16,19,25-27,32-34,38-39H,12,14,17-18,21-23,28-31H2,1-11H3. The summed E-state index contributed by atoms with van der Waals surface area (Å²) in [6.07, 6.45) is 8.40. The van der Waals surface area contributed by atoms with Crippen LogP contribution in [0.25, 0.3) is 32.9 Å². The van der Waals surface area contributed by atoms with E-state index < -0.39 is 19.5 Å². The van der Waals surface area contributed by atoms with Crippen LogP contribution < -0.4 is 14.4 Å². The maximum absolute atomic E-state index is 18.0. The number of methoxy groups -OCH3 is 1. The summed E-state index contributed by atoms with van der Waals surface area (Å²) in [7, 11) is -0.549. The van der Waals surface area contributed by atoms with Crippen LogP contribution in [0.3, 0.4) is 0 Å². The van der Waals surface area contributed by atoms with Crippen molar-refractivity contribution in [1.82, 2.24) is 24.8 Å². The predicted octanol–water partition coefficient (Wildman–Crippen LogP) is 10.7. The number of hydrogen-bond donors (Lipinski definition) is 0. The second-order valence-electron chi connectivity index (χ2n) is 20.2. The van der Waals surface area contributed by atoms with Crippen molar-refractivity contribution in [2.45, 2.75) is 141 Å². The molecule has 4 aromatic rings. The molecule has 2 aromatic carbocycles. The molecule has 3 fully saturated rings. The van der Waals surface area contributed by atoms with Crippen molar-refractivity contribution in [3.05, 3.63) is 59.6 Å². The number of carbonyl (C=O) groups is 1. The Balaban J connectivity index is 1.28. The van der Waals surface area contributed by atoms with Crippen molar-refractivity contribution in [1.29, 1.82) is 0 Å². The van der Waals surface area contributed by atoms with Crippen LogP contribution in [0, 0.1) is 17.3 Å². The lowest BCUT2D eigenvalue weighted by Crippen LogP contribution is -2.57. The van der Waals surface area contributed by atoms with Gasteiger partial charge in [0.25, 0.3) is 0 Å². The number of amides is 1. The predicted molar refractivity (Wildman–Crippen MR) is 255 cm³/mol. The van der Waals surface area contributed by atoms with E-state index in [4.69, 9.17) is 33.9 Å². The summed E-state index contributed by atoms with van der Waals surface area (Å²) in [4.78, 5) is 34.9. The maximum Gasteiger partial charge on any atom is 0.410 e. The van der Waals surface area contributed by atoms with Gasteiger partial charge in [0.2, 0.25) is 0 Å². The Morgan fingerprint density at radius 1 is 1.02 bits per heavy atom. The monoisotopic (exact) mass is 890 g/mol. The number of nitrogens with zero attached hydrogens (tertiary/aromatic N) is 6. The SMILES string of the molecule is CCC1=CCN2CCCC12COc1nc(N2CC3CCC(C2)N3C(=O)OC(C)(C)C)c2cnc(-c3cc(OCOC)cc4cccc(C#C[Si](C(C)C)(C(C)C)C(C)C)c34)c(F)c2n1. The fourth-order valence-electron chi connectivity index (χ4n) is 11.6. The van der Waals surface area contributed by atoms with Crippen molar-refractivity contribution in [3.8, 4) is 34.5 Å². The lowest BCUT2D eigenvalue weighted by molar-refractivity contribution is 0.0122. The van der Waals surface area contributed by atoms with Gasteiger partial charge in [-0.2, -0.15) is 9.97 Å². The van der Waals surface area contributed by atoms with E-state index >= 15 is 4.39 Å². The highest BCUT2D eigenvalue weighted by molar-refractivity contribution is 6.90. The molecule has 64 heavy (non-hydrogen) atoms. The van der Waals surface area contributed by atoms with Crippen LogP contribution in [0.5, 0.6) is 11.8 Å². The number of halogens is 1. The molecule has 3 unspecified atom stereocenters. The Morgan fingerprint density at radius 3 is 2.39 bits per heavy atom. The molecule has 0 aliphatic carbocycles. The van der Waals surface area contributed by atoms with E-state index in [0.717, 1.165) is 61.5 Å². The normalized spacial score (nSPS) is 21.3. The van der Waals surface area contributed by atoms with Crippen LogP contribution in [-0.2, 0) is 9.47 Å². The number of anilines is 1. The minimum atomic E-state index is -2.12. The summed E-state index contributed by atoms with van der Waals surface area (Å²) in [5.74, 6) is 4.15. The number of aromatic nitrogens is 3. The largest absolute Gasteiger partial charge is 0.468 e. The third-order valence-corrected chi connectivity index (χ3v) is 20.7. The van der Waals surface area contributed by atoms with Crippen LogP contribution in [0.2, 0.25) is 16.6 Å². The maximum atomic E-state index is 18.0. The molecule has 0 radical (unpaired) electrons. The smallest absolute Gasteiger partial charge is 0.410 e. The van der Waals surface area contributed by atoms with Gasteiger partial charge < -0.3 is 23.8 Å². The molecule has 2 aromatic heterocycles. The third kappa shape index (κ3) is 8.23. The summed E-state index contributed by atoms with van der Waals surface area (Å²) in [6.45, 7) is 25.0. The van der Waals surface area contributed by atoms with E-state index in [-0.39, 0.29) is 47.7 Å². The summed E-state index contributed by atoms with van der Waals surface area (Å²) in [5.41, 5.74) is 7.37. The zero-order valence-corrected chi connectivity index (χ0v) is 40.8. The van der Waals surface area contributed by atoms with Crippen molar-refractivity contribution in [3.63, 3.8) is 0 Å². The zero-order valence-electron chi connectivity index (χ0n) is 39.8. The number of pyridine rings is 1. The topological polar surface area (TPSA) is 102 Å². The molecule has 0 saturated carbocycles. The summed E-state index contributed by atoms with van der Waals surface area (Å²) in [6, 6.07) is 9.75. The molecule has 1 amide bonds. The van der Waals surface area contributed by atoms with Crippen LogP contribution in [0.1, 0.15) is 107 Å². The first-order valence-electron chi connectivity index (χ1n) is 23.4. The Bertz CT molecular complexity index is 2470. The average Bonchev–Trinajstić information content (AvgIpc) is 3.90. The molecule has 13 heteroatoms. The summed E-state index contributed by atoms with van der Waals surface area (Å²) in [5, 5.41) is 2.13. The number of hydrogen-bond acceptors (Lipinski definition) is 10. The molecule has 342 valence electrons. The van der Waals surface area contributed by atoms with Gasteiger partial charge in [-0.05, 0) is 105 Å². The van der Waals surface area contributed by atoms with Gasteiger partial charge in [-0.3, -0.25) is 14.8 Å². The fourth-order valence-corrected chi connectivity index (χ4v) is 16.8. The molecule has 4 aliphatic heterocycles. The lowest BCUT2D eigenvalue weighted by atomic mass is 9.88. The Labute approximate surface area is 380 Å². The van der Waals surface area contributed by atoms with E-state index in [9.17, 15) is 4.79 Å². The van der Waals surface area contributed by atoms with E-state index in [1.165, 1.54) is 5.57 Å². The quantitative estimate of drug-likeness (QED) is 0.0591. The molecule has 8 rings (SSSR count). The zero-order chi connectivity index (χ0) is 45.7. The lowest BCUT2D eigenvalue weighted by Gasteiger charge is -2.42. The molecular formula is C51H67FN6O5Si. The van der Waals surface area contributed by atoms with Gasteiger partial charge in [-0.1, -0.05) is 72.6 Å². The molecular weight excluding hydrogens is 824 g/mol. The fraction of sp³-hybridized carbons (Fsp3) is 0.569. The second kappa shape index (κ2) is 17.9. The van der Waals surface area contributed by atoms with Crippen LogP contribution in [-0.4, -0.2) is 109 Å². The van der Waals surface area contributed by atoms with Crippen molar-refractivity contribution in [2.24, 2.45) is 0 Å². The van der Waals surface area contributed by atoms with Gasteiger partial charge in [0, 0.05) is 49.5 Å². The number of carbonyl (C=O) groups excluding carboxylic acids is 1. The second-order valence-corrected chi connectivity index (χ2v) is 25.8. The van der Waals surface area contributed by atoms with E-state index in [1.54, 1.807) is 13.3 Å². The van der Waals surface area contributed by atoms with Gasteiger partial charge in [0.1, 0.15) is 43.1 Å². The first-order valence-corrected chi connectivity index (χ1v) is 25.7. The Morgan fingerprint density at radius 2 is 1.73 bits per heavy atom. The summed E-state index contributed by atoms with van der Waals surface area (Å²) >= 11 is 0. The molecule has 3 saturated heterocycles. The first kappa shape index (κ1) is 45.8. The van der Waals surface area contributed by atoms with Gasteiger partial charge >= 0.3 is 12.1 Å². The van der Waals surface area contributed by atoms with Crippen molar-refractivity contribution >= 4 is 41.7 Å². The summed E-state index contributed by atoms with van der Waals surface area (Å²) < 4.78 is 41.8. The van der Waals surface area contributed by atoms with Gasteiger partial charge in [-0.15, -0.1) is 5.54 Å². The minimum Gasteiger partial charge on any atom is -0.468 e. The minimum absolute atomic E-state index is 0.0255. The molecule has 4 aliphatic rings.